The van der Waals surface area contributed by atoms with Gasteiger partial charge in [-0.25, -0.2) is 4.98 Å². The van der Waals surface area contributed by atoms with Gasteiger partial charge in [-0.3, -0.25) is 4.98 Å². The average Bonchev–Trinajstić information content (AvgIpc) is 2.68. The van der Waals surface area contributed by atoms with Crippen LogP contribution in [0.2, 0.25) is 0 Å². The second-order valence-corrected chi connectivity index (χ2v) is 5.95. The van der Waals surface area contributed by atoms with Crippen molar-refractivity contribution in [2.24, 2.45) is 0 Å². The summed E-state index contributed by atoms with van der Waals surface area (Å²) in [6.45, 7) is 4.19. The van der Waals surface area contributed by atoms with Gasteiger partial charge in [0.25, 0.3) is 0 Å². The van der Waals surface area contributed by atoms with E-state index in [1.807, 2.05) is 36.4 Å². The summed E-state index contributed by atoms with van der Waals surface area (Å²) < 4.78 is 0. The van der Waals surface area contributed by atoms with Crippen LogP contribution in [-0.4, -0.2) is 21.0 Å². The van der Waals surface area contributed by atoms with Gasteiger partial charge in [0.2, 0.25) is 5.95 Å². The number of hydrogen-bond donors (Lipinski definition) is 2. The lowest BCUT2D eigenvalue weighted by Crippen LogP contribution is -2.16. The highest BCUT2D eigenvalue weighted by Crippen LogP contribution is 2.23. The average molecular weight is 344 g/mol. The monoisotopic (exact) mass is 344 g/mol. The SMILES string of the molecule is CC[C@H](C)Nc1nc(Nc2cccc(C#N)c2)cc(-c2ccccn2)n1. The Morgan fingerprint density at radius 2 is 1.96 bits per heavy atom. The van der Waals surface area contributed by atoms with Gasteiger partial charge in [-0.05, 0) is 43.7 Å². The molecule has 0 fully saturated rings. The second-order valence-electron chi connectivity index (χ2n) is 5.95. The third kappa shape index (κ3) is 4.33. The van der Waals surface area contributed by atoms with Crippen LogP contribution in [0, 0.1) is 11.3 Å². The molecule has 26 heavy (non-hydrogen) atoms. The third-order valence-electron chi connectivity index (χ3n) is 3.91. The molecule has 0 saturated carbocycles. The van der Waals surface area contributed by atoms with Crippen LogP contribution < -0.4 is 10.6 Å². The zero-order valence-electron chi connectivity index (χ0n) is 14.8. The maximum atomic E-state index is 9.07. The van der Waals surface area contributed by atoms with Crippen molar-refractivity contribution in [2.45, 2.75) is 26.3 Å². The first-order valence-electron chi connectivity index (χ1n) is 8.52. The fourth-order valence-electron chi connectivity index (χ4n) is 2.36. The molecule has 0 aliphatic carbocycles. The van der Waals surface area contributed by atoms with E-state index in [4.69, 9.17) is 5.26 Å². The highest BCUT2D eigenvalue weighted by Gasteiger charge is 2.10. The van der Waals surface area contributed by atoms with Crippen LogP contribution in [0.1, 0.15) is 25.8 Å². The van der Waals surface area contributed by atoms with Gasteiger partial charge in [0.1, 0.15) is 5.82 Å². The molecule has 2 aromatic heterocycles. The van der Waals surface area contributed by atoms with Gasteiger partial charge >= 0.3 is 0 Å². The van der Waals surface area contributed by atoms with Crippen molar-refractivity contribution in [3.8, 4) is 17.5 Å². The number of hydrogen-bond acceptors (Lipinski definition) is 6. The summed E-state index contributed by atoms with van der Waals surface area (Å²) >= 11 is 0. The lowest BCUT2D eigenvalue weighted by Gasteiger charge is -2.14. The Hall–Kier alpha value is -3.46. The van der Waals surface area contributed by atoms with Gasteiger partial charge in [-0.2, -0.15) is 10.2 Å². The number of nitrogens with one attached hydrogen (secondary N) is 2. The van der Waals surface area contributed by atoms with Gasteiger partial charge in [-0.1, -0.05) is 19.1 Å². The molecule has 3 rings (SSSR count). The van der Waals surface area contributed by atoms with Gasteiger partial charge < -0.3 is 10.6 Å². The van der Waals surface area contributed by atoms with E-state index < -0.39 is 0 Å². The summed E-state index contributed by atoms with van der Waals surface area (Å²) in [5.41, 5.74) is 2.89. The van der Waals surface area contributed by atoms with E-state index in [1.165, 1.54) is 0 Å². The van der Waals surface area contributed by atoms with Crippen LogP contribution in [0.5, 0.6) is 0 Å². The van der Waals surface area contributed by atoms with Gasteiger partial charge in [0.05, 0.1) is 23.0 Å². The molecule has 130 valence electrons. The smallest absolute Gasteiger partial charge is 0.225 e. The van der Waals surface area contributed by atoms with Gasteiger partial charge in [0, 0.05) is 24.0 Å². The van der Waals surface area contributed by atoms with Crippen molar-refractivity contribution in [2.75, 3.05) is 10.6 Å². The zero-order valence-corrected chi connectivity index (χ0v) is 14.8. The van der Waals surface area contributed by atoms with E-state index in [-0.39, 0.29) is 6.04 Å². The highest BCUT2D eigenvalue weighted by atomic mass is 15.2. The molecule has 0 radical (unpaired) electrons. The molecule has 1 atom stereocenters. The first-order valence-corrected chi connectivity index (χ1v) is 8.52. The van der Waals surface area contributed by atoms with Crippen LogP contribution in [0.15, 0.2) is 54.7 Å². The van der Waals surface area contributed by atoms with Gasteiger partial charge in [-0.15, -0.1) is 0 Å². The number of anilines is 3. The van der Waals surface area contributed by atoms with Crippen molar-refractivity contribution in [3.05, 3.63) is 60.3 Å². The molecule has 0 unspecified atom stereocenters. The molecule has 2 N–H and O–H groups in total. The normalized spacial score (nSPS) is 11.4. The van der Waals surface area contributed by atoms with Crippen LogP contribution in [0.3, 0.4) is 0 Å². The van der Waals surface area contributed by atoms with Crippen LogP contribution in [0.25, 0.3) is 11.4 Å². The van der Waals surface area contributed by atoms with Crippen LogP contribution in [-0.2, 0) is 0 Å². The molecule has 0 aliphatic rings. The minimum Gasteiger partial charge on any atom is -0.352 e. The minimum atomic E-state index is 0.253. The first kappa shape index (κ1) is 17.4. The van der Waals surface area contributed by atoms with E-state index in [0.29, 0.717) is 17.3 Å². The number of rotatable bonds is 6. The molecule has 1 aromatic carbocycles. The largest absolute Gasteiger partial charge is 0.352 e. The summed E-state index contributed by atoms with van der Waals surface area (Å²) in [6, 6.07) is 17.2. The Morgan fingerprint density at radius 1 is 1.08 bits per heavy atom. The maximum Gasteiger partial charge on any atom is 0.225 e. The topological polar surface area (TPSA) is 86.5 Å². The molecule has 0 saturated heterocycles. The maximum absolute atomic E-state index is 9.07. The fraction of sp³-hybridized carbons (Fsp3) is 0.200. The van der Waals surface area contributed by atoms with Crippen LogP contribution >= 0.6 is 0 Å². The number of pyridine rings is 1. The Labute approximate surface area is 153 Å². The van der Waals surface area contributed by atoms with E-state index in [1.54, 1.807) is 18.3 Å². The molecule has 0 spiro atoms. The number of benzene rings is 1. The fourth-order valence-corrected chi connectivity index (χ4v) is 2.36. The van der Waals surface area contributed by atoms with Crippen molar-refractivity contribution in [1.29, 1.82) is 5.26 Å². The number of nitriles is 1. The van der Waals surface area contributed by atoms with Crippen molar-refractivity contribution < 1.29 is 0 Å². The number of aromatic nitrogens is 3. The standard InChI is InChI=1S/C20H20N6/c1-3-14(2)23-20-25-18(17-9-4-5-10-22-17)12-19(26-20)24-16-8-6-7-15(11-16)13-21/h4-12,14H,3H2,1-2H3,(H2,23,24,25,26)/t14-/m0/s1. The first-order chi connectivity index (χ1) is 12.7. The number of nitrogens with zero attached hydrogens (tertiary/aromatic N) is 4. The molecule has 6 nitrogen and oxygen atoms in total. The van der Waals surface area contributed by atoms with E-state index in [2.05, 4.69) is 45.5 Å². The van der Waals surface area contributed by atoms with Crippen molar-refractivity contribution in [1.82, 2.24) is 15.0 Å². The third-order valence-corrected chi connectivity index (χ3v) is 3.91. The van der Waals surface area contributed by atoms with E-state index >= 15 is 0 Å². The summed E-state index contributed by atoms with van der Waals surface area (Å²) in [5, 5.41) is 15.6. The Balaban J connectivity index is 1.97. The highest BCUT2D eigenvalue weighted by molar-refractivity contribution is 5.66. The quantitative estimate of drug-likeness (QED) is 0.691. The molecule has 2 heterocycles. The molecular weight excluding hydrogens is 324 g/mol. The Bertz CT molecular complexity index is 917. The lowest BCUT2D eigenvalue weighted by molar-refractivity contribution is 0.753. The van der Waals surface area contributed by atoms with Gasteiger partial charge in [0.15, 0.2) is 0 Å². The van der Waals surface area contributed by atoms with Crippen molar-refractivity contribution in [3.63, 3.8) is 0 Å². The molecule has 0 aliphatic heterocycles. The summed E-state index contributed by atoms with van der Waals surface area (Å²) in [5.74, 6) is 1.18. The predicted molar refractivity (Wildman–Crippen MR) is 103 cm³/mol. The molecular formula is C20H20N6. The molecule has 6 heteroatoms. The molecule has 3 aromatic rings. The van der Waals surface area contributed by atoms with Crippen LogP contribution in [0.4, 0.5) is 17.5 Å². The molecule has 0 bridgehead atoms. The minimum absolute atomic E-state index is 0.253. The lowest BCUT2D eigenvalue weighted by atomic mass is 10.2. The molecule has 0 amide bonds. The van der Waals surface area contributed by atoms with E-state index in [9.17, 15) is 0 Å². The second kappa shape index (κ2) is 8.08. The predicted octanol–water partition coefficient (Wildman–Crippen LogP) is 4.36. The Kier molecular flexibility index (Phi) is 5.40. The zero-order chi connectivity index (χ0) is 18.4. The van der Waals surface area contributed by atoms with E-state index in [0.717, 1.165) is 23.5 Å². The summed E-state index contributed by atoms with van der Waals surface area (Å²) in [6.07, 6.45) is 2.70. The summed E-state index contributed by atoms with van der Waals surface area (Å²) in [7, 11) is 0. The Morgan fingerprint density at radius 3 is 2.69 bits per heavy atom. The van der Waals surface area contributed by atoms with Crippen molar-refractivity contribution >= 4 is 17.5 Å². The summed E-state index contributed by atoms with van der Waals surface area (Å²) in [4.78, 5) is 13.5.